The first-order valence-electron chi connectivity index (χ1n) is 8.40. The van der Waals surface area contributed by atoms with Crippen LogP contribution in [0.2, 0.25) is 0 Å². The number of tetrazole rings is 1. The Morgan fingerprint density at radius 3 is 2.92 bits per heavy atom. The lowest BCUT2D eigenvalue weighted by Crippen LogP contribution is -2.57. The average Bonchev–Trinajstić information content (AvgIpc) is 2.96. The maximum Gasteiger partial charge on any atom is 0.230 e. The fourth-order valence-electron chi connectivity index (χ4n) is 3.79. The van der Waals surface area contributed by atoms with Crippen molar-refractivity contribution in [1.82, 2.24) is 30.8 Å². The monoisotopic (exact) mass is 352 g/mol. The minimum Gasteiger partial charge on any atom is -0.353 e. The van der Waals surface area contributed by atoms with Crippen LogP contribution in [-0.2, 0) is 16.6 Å². The number of nitrogens with one attached hydrogen (secondary N) is 2. The van der Waals surface area contributed by atoms with Crippen molar-refractivity contribution in [2.45, 2.75) is 50.4 Å². The highest BCUT2D eigenvalue weighted by atomic mass is 32.2. The average molecular weight is 352 g/mol. The van der Waals surface area contributed by atoms with E-state index in [1.165, 1.54) is 11.8 Å². The number of nitrogens with zero attached hydrogens (tertiary/aromatic N) is 4. The molecule has 0 bridgehead atoms. The lowest BCUT2D eigenvalue weighted by atomic mass is 9.68. The van der Waals surface area contributed by atoms with Gasteiger partial charge in [0.25, 0.3) is 0 Å². The van der Waals surface area contributed by atoms with Gasteiger partial charge in [-0.05, 0) is 41.5 Å². The number of rotatable bonds is 4. The van der Waals surface area contributed by atoms with Crippen molar-refractivity contribution < 1.29 is 9.59 Å². The van der Waals surface area contributed by atoms with E-state index in [4.69, 9.17) is 0 Å². The van der Waals surface area contributed by atoms with E-state index in [-0.39, 0.29) is 29.8 Å². The second kappa shape index (κ2) is 7.08. The summed E-state index contributed by atoms with van der Waals surface area (Å²) in [6.45, 7) is 4.17. The van der Waals surface area contributed by atoms with Crippen LogP contribution in [0.15, 0.2) is 5.16 Å². The summed E-state index contributed by atoms with van der Waals surface area (Å²) in [6, 6.07) is 0.302. The van der Waals surface area contributed by atoms with Crippen molar-refractivity contribution in [3.8, 4) is 0 Å². The van der Waals surface area contributed by atoms with E-state index in [9.17, 15) is 9.59 Å². The highest BCUT2D eigenvalue weighted by Gasteiger charge is 2.42. The molecule has 24 heavy (non-hydrogen) atoms. The Morgan fingerprint density at radius 1 is 1.42 bits per heavy atom. The molecule has 3 rings (SSSR count). The SMILES string of the molecule is CC1C(=O)NC2CC(NC(=O)CSc3nnnn3C)CCC2C1C. The van der Waals surface area contributed by atoms with Gasteiger partial charge in [0.2, 0.25) is 17.0 Å². The molecule has 0 spiro atoms. The second-order valence-electron chi connectivity index (χ2n) is 6.88. The quantitative estimate of drug-likeness (QED) is 0.759. The maximum atomic E-state index is 12.2. The first-order chi connectivity index (χ1) is 11.5. The Balaban J connectivity index is 1.49. The molecule has 2 aliphatic rings. The van der Waals surface area contributed by atoms with Crippen LogP contribution in [-0.4, -0.2) is 49.9 Å². The molecule has 9 heteroatoms. The largest absolute Gasteiger partial charge is 0.353 e. The third kappa shape index (κ3) is 3.55. The van der Waals surface area contributed by atoms with E-state index >= 15 is 0 Å². The number of carbonyl (C=O) groups excluding carboxylic acids is 2. The van der Waals surface area contributed by atoms with E-state index in [1.807, 2.05) is 6.92 Å². The smallest absolute Gasteiger partial charge is 0.230 e. The summed E-state index contributed by atoms with van der Waals surface area (Å²) in [7, 11) is 1.75. The summed E-state index contributed by atoms with van der Waals surface area (Å²) < 4.78 is 1.54. The zero-order valence-electron chi connectivity index (χ0n) is 14.2. The zero-order chi connectivity index (χ0) is 17.3. The molecule has 0 aromatic carbocycles. The number of aromatic nitrogens is 4. The maximum absolute atomic E-state index is 12.2. The molecule has 2 amide bonds. The number of carbonyl (C=O) groups is 2. The molecule has 5 atom stereocenters. The minimum atomic E-state index is -0.0185. The number of piperidine rings is 1. The van der Waals surface area contributed by atoms with Gasteiger partial charge in [-0.15, -0.1) is 5.10 Å². The molecule has 1 aliphatic carbocycles. The topological polar surface area (TPSA) is 102 Å². The molecule has 1 aromatic rings. The molecular weight excluding hydrogens is 328 g/mol. The molecule has 5 unspecified atom stereocenters. The van der Waals surface area contributed by atoms with Gasteiger partial charge in [0.05, 0.1) is 5.75 Å². The number of hydrogen-bond acceptors (Lipinski definition) is 6. The number of amides is 2. The van der Waals surface area contributed by atoms with E-state index in [0.29, 0.717) is 22.7 Å². The van der Waals surface area contributed by atoms with Crippen LogP contribution in [0.5, 0.6) is 0 Å². The number of fused-ring (bicyclic) bond motifs is 1. The first kappa shape index (κ1) is 17.2. The number of aryl methyl sites for hydroxylation is 1. The van der Waals surface area contributed by atoms with Crippen LogP contribution in [0, 0.1) is 17.8 Å². The van der Waals surface area contributed by atoms with Gasteiger partial charge in [0.15, 0.2) is 0 Å². The van der Waals surface area contributed by atoms with Gasteiger partial charge in [-0.1, -0.05) is 25.6 Å². The Morgan fingerprint density at radius 2 is 2.21 bits per heavy atom. The Bertz CT molecular complexity index is 621. The summed E-state index contributed by atoms with van der Waals surface area (Å²) in [4.78, 5) is 24.2. The summed E-state index contributed by atoms with van der Waals surface area (Å²) in [5.74, 6) is 1.41. The first-order valence-corrected chi connectivity index (χ1v) is 9.39. The molecule has 1 saturated carbocycles. The molecule has 2 N–H and O–H groups in total. The summed E-state index contributed by atoms with van der Waals surface area (Å²) >= 11 is 1.32. The molecule has 1 saturated heterocycles. The second-order valence-corrected chi connectivity index (χ2v) is 7.82. The molecule has 2 heterocycles. The van der Waals surface area contributed by atoms with Gasteiger partial charge in [-0.25, -0.2) is 4.68 Å². The summed E-state index contributed by atoms with van der Waals surface area (Å²) in [5.41, 5.74) is 0. The highest BCUT2D eigenvalue weighted by molar-refractivity contribution is 7.99. The Hall–Kier alpha value is -1.64. The lowest BCUT2D eigenvalue weighted by molar-refractivity contribution is -0.132. The fourth-order valence-corrected chi connectivity index (χ4v) is 4.45. The molecule has 0 radical (unpaired) electrons. The predicted molar refractivity (Wildman–Crippen MR) is 89.1 cm³/mol. The van der Waals surface area contributed by atoms with Gasteiger partial charge in [0, 0.05) is 25.0 Å². The van der Waals surface area contributed by atoms with Crippen molar-refractivity contribution in [3.05, 3.63) is 0 Å². The van der Waals surface area contributed by atoms with Crippen LogP contribution < -0.4 is 10.6 Å². The van der Waals surface area contributed by atoms with Crippen LogP contribution in [0.25, 0.3) is 0 Å². The van der Waals surface area contributed by atoms with E-state index in [2.05, 4.69) is 33.1 Å². The van der Waals surface area contributed by atoms with E-state index in [1.54, 1.807) is 11.7 Å². The standard InChI is InChI=1S/C15H24N6O2S/c1-8-9(2)14(23)17-12-6-10(4-5-11(8)12)16-13(22)7-24-15-18-19-20-21(15)3/h8-12H,4-7H2,1-3H3,(H,16,22)(H,17,23). The number of hydrogen-bond donors (Lipinski definition) is 2. The van der Waals surface area contributed by atoms with Crippen LogP contribution in [0.4, 0.5) is 0 Å². The lowest BCUT2D eigenvalue weighted by Gasteiger charge is -2.45. The molecule has 1 aromatic heterocycles. The molecule has 2 fully saturated rings. The number of thioether (sulfide) groups is 1. The normalized spacial score (nSPS) is 32.8. The van der Waals surface area contributed by atoms with E-state index < -0.39 is 0 Å². The molecule has 132 valence electrons. The van der Waals surface area contributed by atoms with Crippen molar-refractivity contribution in [3.63, 3.8) is 0 Å². The fraction of sp³-hybridized carbons (Fsp3) is 0.800. The van der Waals surface area contributed by atoms with Crippen LogP contribution in [0.1, 0.15) is 33.1 Å². The zero-order valence-corrected chi connectivity index (χ0v) is 15.0. The molecule has 1 aliphatic heterocycles. The summed E-state index contributed by atoms with van der Waals surface area (Å²) in [6.07, 6.45) is 2.83. The molecular formula is C15H24N6O2S. The van der Waals surface area contributed by atoms with E-state index in [0.717, 1.165) is 19.3 Å². The third-order valence-corrected chi connectivity index (χ3v) is 6.40. The summed E-state index contributed by atoms with van der Waals surface area (Å²) in [5, 5.41) is 18.0. The minimum absolute atomic E-state index is 0.0185. The Kier molecular flexibility index (Phi) is 5.07. The van der Waals surface area contributed by atoms with Gasteiger partial charge >= 0.3 is 0 Å². The van der Waals surface area contributed by atoms with Crippen molar-refractivity contribution in [2.24, 2.45) is 24.8 Å². The van der Waals surface area contributed by atoms with Crippen molar-refractivity contribution in [2.75, 3.05) is 5.75 Å². The van der Waals surface area contributed by atoms with Crippen molar-refractivity contribution >= 4 is 23.6 Å². The van der Waals surface area contributed by atoms with Gasteiger partial charge < -0.3 is 10.6 Å². The Labute approximate surface area is 145 Å². The van der Waals surface area contributed by atoms with Crippen LogP contribution in [0.3, 0.4) is 0 Å². The van der Waals surface area contributed by atoms with Gasteiger partial charge in [-0.3, -0.25) is 9.59 Å². The van der Waals surface area contributed by atoms with Crippen LogP contribution >= 0.6 is 11.8 Å². The van der Waals surface area contributed by atoms with Gasteiger partial charge in [-0.2, -0.15) is 0 Å². The molecule has 8 nitrogen and oxygen atoms in total. The highest BCUT2D eigenvalue weighted by Crippen LogP contribution is 2.37. The van der Waals surface area contributed by atoms with Gasteiger partial charge in [0.1, 0.15) is 0 Å². The predicted octanol–water partition coefficient (Wildman–Crippen LogP) is 0.358. The third-order valence-electron chi connectivity index (χ3n) is 5.39. The van der Waals surface area contributed by atoms with Crippen molar-refractivity contribution in [1.29, 1.82) is 0 Å².